The maximum absolute atomic E-state index is 12.6. The van der Waals surface area contributed by atoms with E-state index in [9.17, 15) is 9.59 Å². The van der Waals surface area contributed by atoms with E-state index in [1.165, 1.54) is 12.3 Å². The molecule has 1 aromatic heterocycles. The summed E-state index contributed by atoms with van der Waals surface area (Å²) in [6.07, 6.45) is 1.54. The maximum Gasteiger partial charge on any atom is 0.341 e. The summed E-state index contributed by atoms with van der Waals surface area (Å²) in [6, 6.07) is 9.43. The lowest BCUT2D eigenvalue weighted by molar-refractivity contribution is -0.139. The van der Waals surface area contributed by atoms with E-state index in [2.05, 4.69) is 5.32 Å². The van der Waals surface area contributed by atoms with Gasteiger partial charge in [0.25, 0.3) is 5.91 Å². The number of hydrogen-bond donors (Lipinski definition) is 2. The standard InChI is InChI=1S/C19H23NO6/c1-13(2)10-24-11-16(17-7-4-8-25-17)20-19(23)14-5-3-6-15(9-14)26-12-18(21)22/h3-9,13,16H,10-12H2,1-2H3,(H,20,23)(H,21,22). The van der Waals surface area contributed by atoms with Crippen molar-refractivity contribution in [2.24, 2.45) is 5.92 Å². The second-order valence-corrected chi connectivity index (χ2v) is 6.18. The summed E-state index contributed by atoms with van der Waals surface area (Å²) < 4.78 is 16.1. The van der Waals surface area contributed by atoms with E-state index in [4.69, 9.17) is 19.0 Å². The fraction of sp³-hybridized carbons (Fsp3) is 0.368. The first-order chi connectivity index (χ1) is 12.5. The van der Waals surface area contributed by atoms with E-state index >= 15 is 0 Å². The molecule has 0 aliphatic rings. The first-order valence-electron chi connectivity index (χ1n) is 8.32. The van der Waals surface area contributed by atoms with E-state index in [1.54, 1.807) is 30.3 Å². The molecule has 0 saturated heterocycles. The van der Waals surface area contributed by atoms with Crippen molar-refractivity contribution in [1.82, 2.24) is 5.32 Å². The Morgan fingerprint density at radius 1 is 1.19 bits per heavy atom. The molecule has 0 saturated carbocycles. The van der Waals surface area contributed by atoms with Crippen molar-refractivity contribution in [2.75, 3.05) is 19.8 Å². The van der Waals surface area contributed by atoms with Crippen molar-refractivity contribution in [2.45, 2.75) is 19.9 Å². The topological polar surface area (TPSA) is 98.0 Å². The molecule has 0 bridgehead atoms. The number of aliphatic carboxylic acids is 1. The Hall–Kier alpha value is -2.80. The van der Waals surface area contributed by atoms with E-state index in [0.717, 1.165) is 0 Å². The van der Waals surface area contributed by atoms with Crippen molar-refractivity contribution in [3.05, 3.63) is 54.0 Å². The first-order valence-corrected chi connectivity index (χ1v) is 8.32. The molecule has 7 heteroatoms. The molecule has 7 nitrogen and oxygen atoms in total. The Kier molecular flexibility index (Phi) is 7.23. The fourth-order valence-corrected chi connectivity index (χ4v) is 2.22. The molecule has 1 amide bonds. The van der Waals surface area contributed by atoms with Gasteiger partial charge in [0.1, 0.15) is 17.6 Å². The van der Waals surface area contributed by atoms with Crippen LogP contribution in [0.15, 0.2) is 47.1 Å². The number of carboxylic acid groups (broad SMARTS) is 1. The molecule has 26 heavy (non-hydrogen) atoms. The average molecular weight is 361 g/mol. The van der Waals surface area contributed by atoms with Gasteiger partial charge in [-0.3, -0.25) is 4.79 Å². The van der Waals surface area contributed by atoms with Crippen LogP contribution in [0.5, 0.6) is 5.75 Å². The number of benzene rings is 1. The second-order valence-electron chi connectivity index (χ2n) is 6.18. The SMILES string of the molecule is CC(C)COCC(NC(=O)c1cccc(OCC(=O)O)c1)c1ccco1. The van der Waals surface area contributed by atoms with Crippen molar-refractivity contribution in [1.29, 1.82) is 0 Å². The summed E-state index contributed by atoms with van der Waals surface area (Å²) in [7, 11) is 0. The normalized spacial score (nSPS) is 12.0. The van der Waals surface area contributed by atoms with Crippen LogP contribution in [0, 0.1) is 5.92 Å². The number of furan rings is 1. The van der Waals surface area contributed by atoms with Gasteiger partial charge in [0.15, 0.2) is 6.61 Å². The van der Waals surface area contributed by atoms with Crippen molar-refractivity contribution in [3.8, 4) is 5.75 Å². The number of carboxylic acids is 1. The molecule has 0 fully saturated rings. The minimum atomic E-state index is -1.08. The van der Waals surface area contributed by atoms with Gasteiger partial charge >= 0.3 is 5.97 Å². The highest BCUT2D eigenvalue weighted by atomic mass is 16.5. The third-order valence-electron chi connectivity index (χ3n) is 3.39. The molecule has 140 valence electrons. The van der Waals surface area contributed by atoms with Gasteiger partial charge in [0.2, 0.25) is 0 Å². The van der Waals surface area contributed by atoms with Crippen LogP contribution in [0.2, 0.25) is 0 Å². The van der Waals surface area contributed by atoms with Crippen LogP contribution in [0.3, 0.4) is 0 Å². The summed E-state index contributed by atoms with van der Waals surface area (Å²) in [5.41, 5.74) is 0.355. The average Bonchev–Trinajstić information content (AvgIpc) is 3.13. The molecule has 2 aromatic rings. The molecular weight excluding hydrogens is 338 g/mol. The zero-order chi connectivity index (χ0) is 18.9. The smallest absolute Gasteiger partial charge is 0.341 e. The van der Waals surface area contributed by atoms with Gasteiger partial charge in [-0.1, -0.05) is 19.9 Å². The number of nitrogens with one attached hydrogen (secondary N) is 1. The highest BCUT2D eigenvalue weighted by Gasteiger charge is 2.19. The summed E-state index contributed by atoms with van der Waals surface area (Å²) >= 11 is 0. The summed E-state index contributed by atoms with van der Waals surface area (Å²) in [5.74, 6) is -0.127. The van der Waals surface area contributed by atoms with Crippen LogP contribution in [0.1, 0.15) is 36.0 Å². The molecule has 1 aromatic carbocycles. The third kappa shape index (κ3) is 6.25. The molecule has 2 N–H and O–H groups in total. The van der Waals surface area contributed by atoms with Crippen LogP contribution in [0.4, 0.5) is 0 Å². The predicted molar refractivity (Wildman–Crippen MR) is 94.1 cm³/mol. The van der Waals surface area contributed by atoms with Crippen LogP contribution < -0.4 is 10.1 Å². The molecule has 1 atom stereocenters. The van der Waals surface area contributed by atoms with Crippen molar-refractivity contribution >= 4 is 11.9 Å². The number of carbonyl (C=O) groups excluding carboxylic acids is 1. The van der Waals surface area contributed by atoms with E-state index < -0.39 is 18.6 Å². The summed E-state index contributed by atoms with van der Waals surface area (Å²) in [5, 5.41) is 11.5. The molecule has 2 rings (SSSR count). The van der Waals surface area contributed by atoms with Crippen LogP contribution in [0.25, 0.3) is 0 Å². The Labute approximate surface area is 151 Å². The van der Waals surface area contributed by atoms with Gasteiger partial charge in [0, 0.05) is 12.2 Å². The number of rotatable bonds is 10. The lowest BCUT2D eigenvalue weighted by Gasteiger charge is -2.18. The number of amides is 1. The number of carbonyl (C=O) groups is 2. The second kappa shape index (κ2) is 9.62. The fourth-order valence-electron chi connectivity index (χ4n) is 2.22. The van der Waals surface area contributed by atoms with Gasteiger partial charge in [-0.2, -0.15) is 0 Å². The minimum absolute atomic E-state index is 0.284. The maximum atomic E-state index is 12.6. The Morgan fingerprint density at radius 2 is 2.00 bits per heavy atom. The van der Waals surface area contributed by atoms with Gasteiger partial charge in [0.05, 0.1) is 12.9 Å². The Bertz CT molecular complexity index is 711. The predicted octanol–water partition coefficient (Wildman–Crippen LogP) is 2.89. The number of ether oxygens (including phenoxy) is 2. The van der Waals surface area contributed by atoms with E-state index in [1.807, 2.05) is 13.8 Å². The van der Waals surface area contributed by atoms with Crippen molar-refractivity contribution < 1.29 is 28.6 Å². The highest BCUT2D eigenvalue weighted by Crippen LogP contribution is 2.18. The van der Waals surface area contributed by atoms with Crippen LogP contribution in [-0.4, -0.2) is 36.8 Å². The highest BCUT2D eigenvalue weighted by molar-refractivity contribution is 5.94. The molecule has 0 radical (unpaired) electrons. The molecule has 1 unspecified atom stereocenters. The van der Waals surface area contributed by atoms with E-state index in [0.29, 0.717) is 29.6 Å². The molecular formula is C19H23NO6. The van der Waals surface area contributed by atoms with Crippen LogP contribution in [-0.2, 0) is 9.53 Å². The van der Waals surface area contributed by atoms with Gasteiger partial charge in [-0.15, -0.1) is 0 Å². The molecule has 0 aliphatic heterocycles. The number of hydrogen-bond acceptors (Lipinski definition) is 5. The third-order valence-corrected chi connectivity index (χ3v) is 3.39. The lowest BCUT2D eigenvalue weighted by atomic mass is 10.1. The van der Waals surface area contributed by atoms with Gasteiger partial charge < -0.3 is 24.3 Å². The zero-order valence-corrected chi connectivity index (χ0v) is 14.8. The molecule has 0 aliphatic carbocycles. The van der Waals surface area contributed by atoms with Gasteiger partial charge in [-0.05, 0) is 36.2 Å². The van der Waals surface area contributed by atoms with Gasteiger partial charge in [-0.25, -0.2) is 4.79 Å². The van der Waals surface area contributed by atoms with Crippen molar-refractivity contribution in [3.63, 3.8) is 0 Å². The van der Waals surface area contributed by atoms with Crippen LogP contribution >= 0.6 is 0 Å². The zero-order valence-electron chi connectivity index (χ0n) is 14.8. The first kappa shape index (κ1) is 19.5. The molecule has 1 heterocycles. The summed E-state index contributed by atoms with van der Waals surface area (Å²) in [4.78, 5) is 23.1. The van der Waals surface area contributed by atoms with E-state index in [-0.39, 0.29) is 12.5 Å². The Balaban J connectivity index is 2.04. The molecule has 0 spiro atoms. The monoisotopic (exact) mass is 361 g/mol. The minimum Gasteiger partial charge on any atom is -0.482 e. The lowest BCUT2D eigenvalue weighted by Crippen LogP contribution is -2.31. The summed E-state index contributed by atoms with van der Waals surface area (Å²) in [6.45, 7) is 4.48. The largest absolute Gasteiger partial charge is 0.482 e. The quantitative estimate of drug-likeness (QED) is 0.675. The Morgan fingerprint density at radius 3 is 2.65 bits per heavy atom.